The van der Waals surface area contributed by atoms with E-state index in [2.05, 4.69) is 35.8 Å². The van der Waals surface area contributed by atoms with Gasteiger partial charge in [-0.2, -0.15) is 0 Å². The van der Waals surface area contributed by atoms with Crippen LogP contribution in [0, 0.1) is 0 Å². The van der Waals surface area contributed by atoms with Crippen LogP contribution in [-0.4, -0.2) is 42.1 Å². The summed E-state index contributed by atoms with van der Waals surface area (Å²) >= 11 is 5.14. The van der Waals surface area contributed by atoms with E-state index in [1.54, 1.807) is 0 Å². The second kappa shape index (κ2) is 6.35. The summed E-state index contributed by atoms with van der Waals surface area (Å²) < 4.78 is 0. The molecule has 1 aromatic carbocycles. The molecule has 0 spiro atoms. The van der Waals surface area contributed by atoms with Crippen LogP contribution in [0.1, 0.15) is 25.8 Å². The van der Waals surface area contributed by atoms with Crippen molar-refractivity contribution in [2.45, 2.75) is 26.3 Å². The molecule has 1 aliphatic rings. The molecule has 2 rings (SSSR count). The van der Waals surface area contributed by atoms with Crippen LogP contribution in [0.4, 0.5) is 5.69 Å². The maximum Gasteiger partial charge on any atom is 0.106 e. The molecule has 2 N–H and O–H groups in total. The number of anilines is 1. The van der Waals surface area contributed by atoms with E-state index in [-0.39, 0.29) is 0 Å². The molecule has 1 aromatic rings. The second-order valence-corrected chi connectivity index (χ2v) is 5.60. The molecule has 0 aliphatic carbocycles. The lowest BCUT2D eigenvalue weighted by Crippen LogP contribution is -2.49. The molecule has 1 fully saturated rings. The standard InChI is InChI=1S/C15H23N3S/c1-3-12(2)17-8-10-18(11-9-17)14-7-5-4-6-13(14)15(16)19/h4-7,12H,3,8-11H2,1-2H3,(H2,16,19). The van der Waals surface area contributed by atoms with Crippen molar-refractivity contribution < 1.29 is 0 Å². The number of piperazine rings is 1. The smallest absolute Gasteiger partial charge is 0.106 e. The fraction of sp³-hybridized carbons (Fsp3) is 0.533. The third kappa shape index (κ3) is 3.25. The Bertz CT molecular complexity index is 439. The molecule has 1 unspecified atom stereocenters. The highest BCUT2D eigenvalue weighted by Gasteiger charge is 2.21. The molecule has 1 atom stereocenters. The minimum absolute atomic E-state index is 0.486. The molecule has 3 nitrogen and oxygen atoms in total. The lowest BCUT2D eigenvalue weighted by Gasteiger charge is -2.39. The van der Waals surface area contributed by atoms with Crippen LogP contribution in [-0.2, 0) is 0 Å². The molecule has 1 saturated heterocycles. The van der Waals surface area contributed by atoms with Crippen LogP contribution < -0.4 is 10.6 Å². The maximum atomic E-state index is 5.81. The molecule has 19 heavy (non-hydrogen) atoms. The predicted octanol–water partition coefficient (Wildman–Crippen LogP) is 2.24. The Kier molecular flexibility index (Phi) is 4.77. The van der Waals surface area contributed by atoms with Crippen LogP contribution >= 0.6 is 12.2 Å². The number of hydrogen-bond acceptors (Lipinski definition) is 3. The van der Waals surface area contributed by atoms with E-state index in [1.165, 1.54) is 12.1 Å². The SMILES string of the molecule is CCC(C)N1CCN(c2ccccc2C(N)=S)CC1. The Morgan fingerprint density at radius 1 is 1.26 bits per heavy atom. The van der Waals surface area contributed by atoms with Crippen LogP contribution in [0.3, 0.4) is 0 Å². The number of hydrogen-bond donors (Lipinski definition) is 1. The third-order valence-corrected chi connectivity index (χ3v) is 4.26. The Labute approximate surface area is 121 Å². The molecular weight excluding hydrogens is 254 g/mol. The van der Waals surface area contributed by atoms with Crippen LogP contribution in [0.2, 0.25) is 0 Å². The Balaban J connectivity index is 2.08. The molecular formula is C15H23N3S. The average Bonchev–Trinajstić information content (AvgIpc) is 2.46. The van der Waals surface area contributed by atoms with Gasteiger partial charge >= 0.3 is 0 Å². The second-order valence-electron chi connectivity index (χ2n) is 5.16. The van der Waals surface area contributed by atoms with E-state index in [4.69, 9.17) is 18.0 Å². The maximum absolute atomic E-state index is 5.81. The van der Waals surface area contributed by atoms with Gasteiger partial charge in [-0.25, -0.2) is 0 Å². The number of nitrogens with zero attached hydrogens (tertiary/aromatic N) is 2. The topological polar surface area (TPSA) is 32.5 Å². The zero-order valence-corrected chi connectivity index (χ0v) is 12.6. The zero-order chi connectivity index (χ0) is 13.8. The first-order valence-corrected chi connectivity index (χ1v) is 7.42. The molecule has 0 amide bonds. The van der Waals surface area contributed by atoms with Crippen molar-refractivity contribution in [2.75, 3.05) is 31.1 Å². The van der Waals surface area contributed by atoms with E-state index >= 15 is 0 Å². The van der Waals surface area contributed by atoms with Gasteiger partial charge in [0.2, 0.25) is 0 Å². The molecule has 0 radical (unpaired) electrons. The largest absolute Gasteiger partial charge is 0.389 e. The van der Waals surface area contributed by atoms with Crippen molar-refractivity contribution in [3.63, 3.8) is 0 Å². The highest BCUT2D eigenvalue weighted by atomic mass is 32.1. The Hall–Kier alpha value is -1.13. The summed E-state index contributed by atoms with van der Waals surface area (Å²) in [5.74, 6) is 0. The zero-order valence-electron chi connectivity index (χ0n) is 11.8. The van der Waals surface area contributed by atoms with Gasteiger partial charge in [0.05, 0.1) is 0 Å². The normalized spacial score (nSPS) is 18.3. The molecule has 1 heterocycles. The van der Waals surface area contributed by atoms with Gasteiger partial charge in [0.1, 0.15) is 4.99 Å². The summed E-state index contributed by atoms with van der Waals surface area (Å²) in [4.78, 5) is 5.44. The van der Waals surface area contributed by atoms with Crippen LogP contribution in [0.25, 0.3) is 0 Å². The highest BCUT2D eigenvalue weighted by molar-refractivity contribution is 7.80. The van der Waals surface area contributed by atoms with Gasteiger partial charge in [0.15, 0.2) is 0 Å². The van der Waals surface area contributed by atoms with Gasteiger partial charge in [-0.1, -0.05) is 31.3 Å². The lowest BCUT2D eigenvalue weighted by molar-refractivity contribution is 0.193. The monoisotopic (exact) mass is 277 g/mol. The molecule has 1 aliphatic heterocycles. The highest BCUT2D eigenvalue weighted by Crippen LogP contribution is 2.22. The molecule has 4 heteroatoms. The van der Waals surface area contributed by atoms with Crippen molar-refractivity contribution in [3.8, 4) is 0 Å². The summed E-state index contributed by atoms with van der Waals surface area (Å²) in [6, 6.07) is 8.85. The van der Waals surface area contributed by atoms with Crippen molar-refractivity contribution >= 4 is 22.9 Å². The minimum atomic E-state index is 0.486. The van der Waals surface area contributed by atoms with Gasteiger partial charge in [-0.05, 0) is 25.5 Å². The number of para-hydroxylation sites is 1. The Morgan fingerprint density at radius 2 is 1.89 bits per heavy atom. The van der Waals surface area contributed by atoms with Crippen LogP contribution in [0.15, 0.2) is 24.3 Å². The van der Waals surface area contributed by atoms with E-state index in [9.17, 15) is 0 Å². The Morgan fingerprint density at radius 3 is 2.47 bits per heavy atom. The summed E-state index contributed by atoms with van der Waals surface area (Å²) in [7, 11) is 0. The van der Waals surface area contributed by atoms with E-state index in [0.29, 0.717) is 11.0 Å². The van der Waals surface area contributed by atoms with E-state index < -0.39 is 0 Å². The number of thiocarbonyl (C=S) groups is 1. The quantitative estimate of drug-likeness (QED) is 0.856. The molecule has 0 bridgehead atoms. The summed E-state index contributed by atoms with van der Waals surface area (Å²) in [6.45, 7) is 8.87. The van der Waals surface area contributed by atoms with E-state index in [1.807, 2.05) is 12.1 Å². The summed E-state index contributed by atoms with van der Waals surface area (Å²) in [5, 5.41) is 0. The fourth-order valence-electron chi connectivity index (χ4n) is 2.62. The molecule has 0 aromatic heterocycles. The first kappa shape index (κ1) is 14.3. The fourth-order valence-corrected chi connectivity index (χ4v) is 2.79. The van der Waals surface area contributed by atoms with Crippen molar-refractivity contribution in [1.29, 1.82) is 0 Å². The first-order chi connectivity index (χ1) is 9.13. The minimum Gasteiger partial charge on any atom is -0.389 e. The number of benzene rings is 1. The van der Waals surface area contributed by atoms with Crippen LogP contribution in [0.5, 0.6) is 0 Å². The van der Waals surface area contributed by atoms with Gasteiger partial charge < -0.3 is 10.6 Å². The number of rotatable bonds is 4. The van der Waals surface area contributed by atoms with Gasteiger partial charge in [-0.15, -0.1) is 0 Å². The predicted molar refractivity (Wildman–Crippen MR) is 85.9 cm³/mol. The molecule has 0 saturated carbocycles. The summed E-state index contributed by atoms with van der Waals surface area (Å²) in [5.41, 5.74) is 7.99. The average molecular weight is 277 g/mol. The lowest BCUT2D eigenvalue weighted by atomic mass is 10.1. The van der Waals surface area contributed by atoms with Crippen molar-refractivity contribution in [1.82, 2.24) is 4.90 Å². The van der Waals surface area contributed by atoms with Gasteiger partial charge in [0, 0.05) is 43.5 Å². The molecule has 104 valence electrons. The van der Waals surface area contributed by atoms with Gasteiger partial charge in [-0.3, -0.25) is 4.90 Å². The van der Waals surface area contributed by atoms with Gasteiger partial charge in [0.25, 0.3) is 0 Å². The van der Waals surface area contributed by atoms with E-state index in [0.717, 1.165) is 31.7 Å². The third-order valence-electron chi connectivity index (χ3n) is 4.04. The number of nitrogens with two attached hydrogens (primary N) is 1. The first-order valence-electron chi connectivity index (χ1n) is 7.01. The van der Waals surface area contributed by atoms with Crippen molar-refractivity contribution in [3.05, 3.63) is 29.8 Å². The summed E-state index contributed by atoms with van der Waals surface area (Å²) in [6.07, 6.45) is 1.21. The van der Waals surface area contributed by atoms with Crippen molar-refractivity contribution in [2.24, 2.45) is 5.73 Å².